The van der Waals surface area contributed by atoms with E-state index in [9.17, 15) is 0 Å². The van der Waals surface area contributed by atoms with E-state index in [1.807, 2.05) is 30.3 Å². The predicted molar refractivity (Wildman–Crippen MR) is 107 cm³/mol. The zero-order chi connectivity index (χ0) is 18.6. The number of hydrogen-bond acceptors (Lipinski definition) is 3. The van der Waals surface area contributed by atoms with Crippen molar-refractivity contribution in [2.45, 2.75) is 19.4 Å². The zero-order valence-corrected chi connectivity index (χ0v) is 15.9. The second kappa shape index (κ2) is 11.2. The van der Waals surface area contributed by atoms with Crippen LogP contribution in [0.15, 0.2) is 59.6 Å². The third-order valence-corrected chi connectivity index (χ3v) is 4.16. The topological polar surface area (TPSA) is 54.9 Å². The summed E-state index contributed by atoms with van der Waals surface area (Å²) in [7, 11) is 3.45. The Kier molecular flexibility index (Phi) is 8.49. The second-order valence-corrected chi connectivity index (χ2v) is 6.06. The average molecular weight is 355 g/mol. The maximum Gasteiger partial charge on any atom is 0.191 e. The highest BCUT2D eigenvalue weighted by atomic mass is 16.5. The molecular formula is C21H29N3O2. The highest BCUT2D eigenvalue weighted by Gasteiger charge is 2.06. The van der Waals surface area contributed by atoms with Crippen molar-refractivity contribution in [1.29, 1.82) is 0 Å². The van der Waals surface area contributed by atoms with Crippen LogP contribution in [0.25, 0.3) is 0 Å². The minimum Gasteiger partial charge on any atom is -0.496 e. The SMILES string of the molecule is CN=C(NCCOCc1ccccc1OC)NCC(C)c1ccccc1. The van der Waals surface area contributed by atoms with Gasteiger partial charge in [0.1, 0.15) is 5.75 Å². The molecule has 0 aliphatic rings. The number of rotatable bonds is 9. The Morgan fingerprint density at radius 1 is 1.04 bits per heavy atom. The number of nitrogens with one attached hydrogen (secondary N) is 2. The monoisotopic (exact) mass is 355 g/mol. The van der Waals surface area contributed by atoms with Crippen LogP contribution in [0.5, 0.6) is 5.75 Å². The van der Waals surface area contributed by atoms with Crippen LogP contribution in [-0.4, -0.2) is 39.8 Å². The standard InChI is InChI=1S/C21H29N3O2/c1-17(18-9-5-4-6-10-18)15-24-21(22-2)23-13-14-26-16-19-11-7-8-12-20(19)25-3/h4-12,17H,13-16H2,1-3H3,(H2,22,23,24). The molecule has 1 atom stereocenters. The van der Waals surface area contributed by atoms with Crippen molar-refractivity contribution < 1.29 is 9.47 Å². The Bertz CT molecular complexity index is 674. The molecule has 0 aliphatic heterocycles. The van der Waals surface area contributed by atoms with Crippen molar-refractivity contribution in [3.8, 4) is 5.75 Å². The first-order valence-corrected chi connectivity index (χ1v) is 8.93. The third-order valence-electron chi connectivity index (χ3n) is 4.16. The molecule has 2 N–H and O–H groups in total. The molecule has 0 saturated carbocycles. The van der Waals surface area contributed by atoms with Crippen LogP contribution < -0.4 is 15.4 Å². The highest BCUT2D eigenvalue weighted by Crippen LogP contribution is 2.17. The molecule has 0 bridgehead atoms. The van der Waals surface area contributed by atoms with Gasteiger partial charge >= 0.3 is 0 Å². The van der Waals surface area contributed by atoms with Gasteiger partial charge in [0.25, 0.3) is 0 Å². The van der Waals surface area contributed by atoms with Gasteiger partial charge < -0.3 is 20.1 Å². The molecule has 1 unspecified atom stereocenters. The Hall–Kier alpha value is -2.53. The minimum absolute atomic E-state index is 0.413. The number of guanidine groups is 1. The molecule has 0 aromatic heterocycles. The number of ether oxygens (including phenoxy) is 2. The molecule has 5 heteroatoms. The Labute approximate surface area is 156 Å². The van der Waals surface area contributed by atoms with E-state index in [2.05, 4.69) is 46.8 Å². The van der Waals surface area contributed by atoms with Crippen molar-refractivity contribution in [2.75, 3.05) is 33.9 Å². The quantitative estimate of drug-likeness (QED) is 0.412. The summed E-state index contributed by atoms with van der Waals surface area (Å²) in [5.41, 5.74) is 2.37. The van der Waals surface area contributed by atoms with Crippen LogP contribution in [0.3, 0.4) is 0 Å². The van der Waals surface area contributed by atoms with E-state index in [-0.39, 0.29) is 0 Å². The first kappa shape index (κ1) is 19.8. The first-order valence-electron chi connectivity index (χ1n) is 8.93. The van der Waals surface area contributed by atoms with Gasteiger partial charge in [0, 0.05) is 25.7 Å². The molecule has 0 radical (unpaired) electrons. The normalized spacial score (nSPS) is 12.5. The maximum atomic E-state index is 5.73. The molecule has 0 spiro atoms. The fraction of sp³-hybridized carbons (Fsp3) is 0.381. The lowest BCUT2D eigenvalue weighted by molar-refractivity contribution is 0.123. The van der Waals surface area contributed by atoms with Crippen molar-refractivity contribution in [3.05, 3.63) is 65.7 Å². The smallest absolute Gasteiger partial charge is 0.191 e. The number of nitrogens with zero attached hydrogens (tertiary/aromatic N) is 1. The molecule has 0 saturated heterocycles. The van der Waals surface area contributed by atoms with Gasteiger partial charge in [-0.05, 0) is 17.5 Å². The summed E-state index contributed by atoms with van der Waals surface area (Å²) in [5, 5.41) is 6.63. The molecule has 5 nitrogen and oxygen atoms in total. The molecule has 2 aromatic rings. The summed E-state index contributed by atoms with van der Waals surface area (Å²) >= 11 is 0. The van der Waals surface area contributed by atoms with Gasteiger partial charge in [0.2, 0.25) is 0 Å². The van der Waals surface area contributed by atoms with E-state index in [4.69, 9.17) is 9.47 Å². The van der Waals surface area contributed by atoms with E-state index in [0.717, 1.165) is 23.8 Å². The molecule has 0 fully saturated rings. The van der Waals surface area contributed by atoms with Crippen LogP contribution >= 0.6 is 0 Å². The van der Waals surface area contributed by atoms with E-state index in [1.54, 1.807) is 14.2 Å². The van der Waals surface area contributed by atoms with Gasteiger partial charge in [-0.2, -0.15) is 0 Å². The molecule has 2 rings (SSSR count). The van der Waals surface area contributed by atoms with E-state index in [0.29, 0.717) is 25.7 Å². The number of methoxy groups -OCH3 is 1. The van der Waals surface area contributed by atoms with E-state index in [1.165, 1.54) is 5.56 Å². The molecule has 2 aromatic carbocycles. The Balaban J connectivity index is 1.66. The molecule has 0 heterocycles. The van der Waals surface area contributed by atoms with E-state index < -0.39 is 0 Å². The fourth-order valence-electron chi connectivity index (χ4n) is 2.62. The summed E-state index contributed by atoms with van der Waals surface area (Å²) in [5.74, 6) is 2.05. The van der Waals surface area contributed by atoms with Crippen molar-refractivity contribution in [2.24, 2.45) is 4.99 Å². The minimum atomic E-state index is 0.413. The largest absolute Gasteiger partial charge is 0.496 e. The van der Waals surface area contributed by atoms with Crippen LogP contribution in [0.2, 0.25) is 0 Å². The fourth-order valence-corrected chi connectivity index (χ4v) is 2.62. The van der Waals surface area contributed by atoms with Gasteiger partial charge in [-0.1, -0.05) is 55.5 Å². The molecule has 140 valence electrons. The first-order chi connectivity index (χ1) is 12.7. The van der Waals surface area contributed by atoms with Gasteiger partial charge in [-0.25, -0.2) is 0 Å². The summed E-state index contributed by atoms with van der Waals surface area (Å²) in [6.45, 7) is 4.84. The van der Waals surface area contributed by atoms with Crippen LogP contribution in [-0.2, 0) is 11.3 Å². The number of aliphatic imine (C=N–C) groups is 1. The van der Waals surface area contributed by atoms with Gasteiger partial charge in [0.15, 0.2) is 5.96 Å². The maximum absolute atomic E-state index is 5.73. The van der Waals surface area contributed by atoms with Gasteiger partial charge in [0.05, 0.1) is 20.3 Å². The number of benzene rings is 2. The van der Waals surface area contributed by atoms with Crippen LogP contribution in [0, 0.1) is 0 Å². The summed E-state index contributed by atoms with van der Waals surface area (Å²) in [6.07, 6.45) is 0. The summed E-state index contributed by atoms with van der Waals surface area (Å²) in [6, 6.07) is 18.4. The lowest BCUT2D eigenvalue weighted by atomic mass is 10.0. The van der Waals surface area contributed by atoms with Crippen LogP contribution in [0.4, 0.5) is 0 Å². The second-order valence-electron chi connectivity index (χ2n) is 6.06. The third kappa shape index (κ3) is 6.41. The average Bonchev–Trinajstić information content (AvgIpc) is 2.70. The van der Waals surface area contributed by atoms with Crippen molar-refractivity contribution >= 4 is 5.96 Å². The molecule has 0 aliphatic carbocycles. The summed E-state index contributed by atoms with van der Waals surface area (Å²) < 4.78 is 11.1. The van der Waals surface area contributed by atoms with Crippen molar-refractivity contribution in [1.82, 2.24) is 10.6 Å². The lowest BCUT2D eigenvalue weighted by Gasteiger charge is -2.16. The van der Waals surface area contributed by atoms with Crippen molar-refractivity contribution in [3.63, 3.8) is 0 Å². The summed E-state index contributed by atoms with van der Waals surface area (Å²) in [4.78, 5) is 4.26. The molecule has 0 amide bonds. The Morgan fingerprint density at radius 2 is 1.77 bits per heavy atom. The Morgan fingerprint density at radius 3 is 2.50 bits per heavy atom. The number of hydrogen-bond donors (Lipinski definition) is 2. The van der Waals surface area contributed by atoms with Gasteiger partial charge in [-0.15, -0.1) is 0 Å². The zero-order valence-electron chi connectivity index (χ0n) is 15.9. The molecule has 26 heavy (non-hydrogen) atoms. The van der Waals surface area contributed by atoms with Gasteiger partial charge in [-0.3, -0.25) is 4.99 Å². The molecular weight excluding hydrogens is 326 g/mol. The number of para-hydroxylation sites is 1. The lowest BCUT2D eigenvalue weighted by Crippen LogP contribution is -2.40. The van der Waals surface area contributed by atoms with Crippen LogP contribution in [0.1, 0.15) is 24.0 Å². The highest BCUT2D eigenvalue weighted by molar-refractivity contribution is 5.79. The predicted octanol–water partition coefficient (Wildman–Crippen LogP) is 3.18. The van der Waals surface area contributed by atoms with E-state index >= 15 is 0 Å².